The number of nitrogens with one attached hydrogen (secondary N) is 1. The maximum atomic E-state index is 14.5. The first-order valence-electron chi connectivity index (χ1n) is 8.41. The quantitative estimate of drug-likeness (QED) is 0.366. The van der Waals surface area contributed by atoms with E-state index in [1.54, 1.807) is 6.07 Å². The van der Waals surface area contributed by atoms with Gasteiger partial charge in [0.1, 0.15) is 11.6 Å². The Hall–Kier alpha value is -2.09. The van der Waals surface area contributed by atoms with Gasteiger partial charge in [-0.2, -0.15) is 17.7 Å². The summed E-state index contributed by atoms with van der Waals surface area (Å²) in [6, 6.07) is 3.00. The number of hydrazone groups is 1. The van der Waals surface area contributed by atoms with Gasteiger partial charge in [0.15, 0.2) is 0 Å². The second-order valence-corrected chi connectivity index (χ2v) is 8.08. The lowest BCUT2D eigenvalue weighted by atomic mass is 10.1. The molecule has 0 saturated heterocycles. The largest absolute Gasteiger partial charge is 0.493 e. The summed E-state index contributed by atoms with van der Waals surface area (Å²) in [6.45, 7) is 3.86. The van der Waals surface area contributed by atoms with Gasteiger partial charge in [0.05, 0.1) is 12.3 Å². The highest BCUT2D eigenvalue weighted by Crippen LogP contribution is 2.30. The van der Waals surface area contributed by atoms with E-state index in [2.05, 4.69) is 23.2 Å². The first-order chi connectivity index (χ1) is 12.2. The van der Waals surface area contributed by atoms with Crippen LogP contribution in [0.25, 0.3) is 0 Å². The van der Waals surface area contributed by atoms with E-state index in [4.69, 9.17) is 9.84 Å². The van der Waals surface area contributed by atoms with Crippen LogP contribution in [0.3, 0.4) is 0 Å². The number of amides is 1. The van der Waals surface area contributed by atoms with Crippen molar-refractivity contribution in [2.75, 3.05) is 6.61 Å². The van der Waals surface area contributed by atoms with Gasteiger partial charge >= 0.3 is 5.97 Å². The number of carboxylic acid groups (broad SMARTS) is 1. The molecular formula is C18H23FN2O4S. The summed E-state index contributed by atoms with van der Waals surface area (Å²) in [5.74, 6) is -1.26. The molecule has 1 aliphatic carbocycles. The number of rotatable bonds is 8. The summed E-state index contributed by atoms with van der Waals surface area (Å²) in [5.41, 5.74) is 4.12. The second-order valence-electron chi connectivity index (χ2n) is 6.87. The van der Waals surface area contributed by atoms with Crippen molar-refractivity contribution in [3.05, 3.63) is 29.1 Å². The molecule has 0 spiro atoms. The van der Waals surface area contributed by atoms with Crippen LogP contribution < -0.4 is 10.2 Å². The second kappa shape index (κ2) is 8.53. The Bertz CT molecular complexity index is 729. The third kappa shape index (κ3) is 6.01. The number of nitrogens with zero attached hydrogens (tertiary/aromatic N) is 1. The number of benzene rings is 1. The molecule has 1 aliphatic rings. The molecule has 0 heterocycles. The molecule has 0 aliphatic heterocycles. The Morgan fingerprint density at radius 1 is 1.38 bits per heavy atom. The monoisotopic (exact) mass is 382 g/mol. The van der Waals surface area contributed by atoms with Crippen LogP contribution in [-0.4, -0.2) is 34.0 Å². The molecule has 0 bridgehead atoms. The minimum atomic E-state index is -0.891. The van der Waals surface area contributed by atoms with Gasteiger partial charge in [-0.1, -0.05) is 13.8 Å². The first kappa shape index (κ1) is 20.2. The highest BCUT2D eigenvalue weighted by atomic mass is 32.1. The van der Waals surface area contributed by atoms with Crippen LogP contribution in [0.1, 0.15) is 50.7 Å². The highest BCUT2D eigenvalue weighted by molar-refractivity contribution is 7.81. The van der Waals surface area contributed by atoms with Crippen molar-refractivity contribution in [2.45, 2.75) is 50.7 Å². The molecule has 6 nitrogen and oxygen atoms in total. The number of halogens is 1. The fourth-order valence-corrected chi connectivity index (χ4v) is 2.85. The minimum Gasteiger partial charge on any atom is -0.493 e. The summed E-state index contributed by atoms with van der Waals surface area (Å²) in [7, 11) is 0. The van der Waals surface area contributed by atoms with Crippen molar-refractivity contribution >= 4 is 30.2 Å². The van der Waals surface area contributed by atoms with Crippen LogP contribution >= 0.6 is 12.6 Å². The maximum Gasteiger partial charge on any atom is 0.303 e. The molecule has 0 radical (unpaired) electrons. The molecule has 1 aromatic carbocycles. The van der Waals surface area contributed by atoms with Crippen LogP contribution in [0.4, 0.5) is 4.39 Å². The third-order valence-electron chi connectivity index (χ3n) is 3.78. The molecule has 0 atom stereocenters. The van der Waals surface area contributed by atoms with E-state index in [9.17, 15) is 14.0 Å². The molecule has 1 aromatic rings. The highest BCUT2D eigenvalue weighted by Gasteiger charge is 2.24. The molecule has 142 valence electrons. The molecule has 1 amide bonds. The smallest absolute Gasteiger partial charge is 0.303 e. The fraction of sp³-hybridized carbons (Fsp3) is 0.500. The van der Waals surface area contributed by atoms with Gasteiger partial charge < -0.3 is 9.84 Å². The number of aryl methyl sites for hydroxylation is 1. The Labute approximate surface area is 157 Å². The Morgan fingerprint density at radius 3 is 2.77 bits per heavy atom. The van der Waals surface area contributed by atoms with Gasteiger partial charge in [-0.05, 0) is 30.9 Å². The number of carbonyl (C=O) groups excluding carboxylic acids is 1. The number of fused-ring (bicyclic) bond motifs is 1. The molecule has 0 aromatic heterocycles. The minimum absolute atomic E-state index is 0.00696. The van der Waals surface area contributed by atoms with Crippen molar-refractivity contribution in [1.29, 1.82) is 0 Å². The number of ether oxygens (including phenoxy) is 1. The molecule has 26 heavy (non-hydrogen) atoms. The molecule has 8 heteroatoms. The zero-order valence-corrected chi connectivity index (χ0v) is 15.7. The van der Waals surface area contributed by atoms with Gasteiger partial charge in [-0.25, -0.2) is 9.82 Å². The molecule has 0 unspecified atom stereocenters. The van der Waals surface area contributed by atoms with E-state index >= 15 is 0 Å². The normalized spacial score (nSPS) is 15.0. The van der Waals surface area contributed by atoms with E-state index in [0.717, 1.165) is 5.56 Å². The van der Waals surface area contributed by atoms with E-state index in [1.807, 2.05) is 13.8 Å². The van der Waals surface area contributed by atoms with Gasteiger partial charge in [0.25, 0.3) is 0 Å². The molecular weight excluding hydrogens is 359 g/mol. The van der Waals surface area contributed by atoms with E-state index in [0.29, 0.717) is 36.3 Å². The van der Waals surface area contributed by atoms with Crippen molar-refractivity contribution in [1.82, 2.24) is 5.43 Å². The van der Waals surface area contributed by atoms with Crippen molar-refractivity contribution < 1.29 is 23.8 Å². The summed E-state index contributed by atoms with van der Waals surface area (Å²) < 4.78 is 19.4. The summed E-state index contributed by atoms with van der Waals surface area (Å²) >= 11 is 4.30. The SMILES string of the molecule is CC(C)(S)CC(=O)N/N=C1\CCc2cc(OCCCC(=O)O)cc(F)c21. The topological polar surface area (TPSA) is 88.0 Å². The van der Waals surface area contributed by atoms with Crippen LogP contribution in [0.2, 0.25) is 0 Å². The standard InChI is InChI=1S/C18H23FN2O4S/c1-18(2,26)10-15(22)21-20-14-6-5-11-8-12(9-13(19)17(11)14)25-7-3-4-16(23)24/h8-9,26H,3-7,10H2,1-2H3,(H,21,22)(H,23,24)/b20-14+. The van der Waals surface area contributed by atoms with Gasteiger partial charge in [-0.15, -0.1) is 0 Å². The zero-order valence-electron chi connectivity index (χ0n) is 14.8. The Balaban J connectivity index is 2.02. The molecule has 2 rings (SSSR count). The lowest BCUT2D eigenvalue weighted by Gasteiger charge is -2.15. The van der Waals surface area contributed by atoms with E-state index < -0.39 is 16.5 Å². The number of carboxylic acids is 1. The van der Waals surface area contributed by atoms with Crippen LogP contribution in [0, 0.1) is 5.82 Å². The molecule has 2 N–H and O–H groups in total. The Kier molecular flexibility index (Phi) is 6.63. The molecule has 0 fully saturated rings. The Morgan fingerprint density at radius 2 is 2.12 bits per heavy atom. The third-order valence-corrected chi connectivity index (χ3v) is 3.94. The van der Waals surface area contributed by atoms with Crippen molar-refractivity contribution in [3.8, 4) is 5.75 Å². The van der Waals surface area contributed by atoms with Crippen molar-refractivity contribution in [2.24, 2.45) is 5.10 Å². The molecule has 0 saturated carbocycles. The van der Waals surface area contributed by atoms with E-state index in [1.165, 1.54) is 6.07 Å². The average Bonchev–Trinajstić information content (AvgIpc) is 2.91. The predicted molar refractivity (Wildman–Crippen MR) is 99.4 cm³/mol. The summed E-state index contributed by atoms with van der Waals surface area (Å²) in [4.78, 5) is 22.3. The number of thiol groups is 1. The van der Waals surface area contributed by atoms with Crippen LogP contribution in [0.15, 0.2) is 17.2 Å². The van der Waals surface area contributed by atoms with Crippen LogP contribution in [-0.2, 0) is 16.0 Å². The number of aliphatic carboxylic acids is 1. The number of carbonyl (C=O) groups is 2. The van der Waals surface area contributed by atoms with Crippen molar-refractivity contribution in [3.63, 3.8) is 0 Å². The number of hydrogen-bond acceptors (Lipinski definition) is 5. The average molecular weight is 382 g/mol. The summed E-state index contributed by atoms with van der Waals surface area (Å²) in [6.07, 6.45) is 1.69. The fourth-order valence-electron chi connectivity index (χ4n) is 2.71. The lowest BCUT2D eigenvalue weighted by Crippen LogP contribution is -2.26. The maximum absolute atomic E-state index is 14.5. The first-order valence-corrected chi connectivity index (χ1v) is 8.85. The number of hydrogen-bond donors (Lipinski definition) is 3. The van der Waals surface area contributed by atoms with E-state index in [-0.39, 0.29) is 25.4 Å². The zero-order chi connectivity index (χ0) is 19.3. The van der Waals surface area contributed by atoms with Gasteiger partial charge in [0, 0.05) is 29.2 Å². The lowest BCUT2D eigenvalue weighted by molar-refractivity contribution is -0.137. The van der Waals surface area contributed by atoms with Crippen LogP contribution in [0.5, 0.6) is 5.75 Å². The van der Waals surface area contributed by atoms with Gasteiger partial charge in [-0.3, -0.25) is 9.59 Å². The van der Waals surface area contributed by atoms with Gasteiger partial charge in [0.2, 0.25) is 5.91 Å². The summed E-state index contributed by atoms with van der Waals surface area (Å²) in [5, 5.41) is 12.7. The predicted octanol–water partition coefficient (Wildman–Crippen LogP) is 2.93.